The topological polar surface area (TPSA) is 9.23 Å². The molecular weight excluding hydrogens is 172 g/mol. The van der Waals surface area contributed by atoms with E-state index in [4.69, 9.17) is 4.74 Å². The maximum absolute atomic E-state index is 5.75. The number of hydrogen-bond acceptors (Lipinski definition) is 1. The van der Waals surface area contributed by atoms with Crippen LogP contribution >= 0.6 is 0 Å². The van der Waals surface area contributed by atoms with Crippen LogP contribution < -0.4 is 4.74 Å². The third-order valence-electron chi connectivity index (χ3n) is 1.89. The van der Waals surface area contributed by atoms with E-state index >= 15 is 0 Å². The highest BCUT2D eigenvalue weighted by Crippen LogP contribution is 2.22. The van der Waals surface area contributed by atoms with E-state index < -0.39 is 0 Å². The molecule has 0 spiro atoms. The molecule has 14 heavy (non-hydrogen) atoms. The van der Waals surface area contributed by atoms with Crippen LogP contribution in [0.1, 0.15) is 31.9 Å². The van der Waals surface area contributed by atoms with Crippen molar-refractivity contribution in [1.82, 2.24) is 0 Å². The number of benzene rings is 1. The molecule has 0 fully saturated rings. The quantitative estimate of drug-likeness (QED) is 0.689. The minimum atomic E-state index is -0.145. The summed E-state index contributed by atoms with van der Waals surface area (Å²) in [7, 11) is 0. The molecule has 1 aromatic rings. The van der Waals surface area contributed by atoms with Crippen LogP contribution in [0.25, 0.3) is 6.08 Å². The highest BCUT2D eigenvalue weighted by atomic mass is 16.5. The van der Waals surface area contributed by atoms with Crippen molar-refractivity contribution in [3.05, 3.63) is 35.9 Å². The summed E-state index contributed by atoms with van der Waals surface area (Å²) in [6.45, 7) is 12.0. The Morgan fingerprint density at radius 2 is 1.93 bits per heavy atom. The Bertz CT molecular complexity index is 332. The van der Waals surface area contributed by atoms with Crippen LogP contribution in [-0.4, -0.2) is 5.60 Å². The highest BCUT2D eigenvalue weighted by Gasteiger charge is 2.11. The monoisotopic (exact) mass is 190 g/mol. The largest absolute Gasteiger partial charge is 0.488 e. The first kappa shape index (κ1) is 10.8. The Hall–Kier alpha value is -1.24. The maximum atomic E-state index is 5.75. The highest BCUT2D eigenvalue weighted by molar-refractivity contribution is 5.54. The maximum Gasteiger partial charge on any atom is 0.120 e. The fraction of sp³-hybridized carbons (Fsp3) is 0.385. The Kier molecular flexibility index (Phi) is 3.00. The van der Waals surface area contributed by atoms with Gasteiger partial charge in [0.15, 0.2) is 0 Å². The summed E-state index contributed by atoms with van der Waals surface area (Å²) in [5.41, 5.74) is 2.21. The van der Waals surface area contributed by atoms with Gasteiger partial charge in [0.2, 0.25) is 0 Å². The van der Waals surface area contributed by atoms with E-state index in [0.29, 0.717) is 0 Å². The number of hydrogen-bond donors (Lipinski definition) is 0. The molecule has 1 nitrogen and oxygen atoms in total. The molecule has 0 aliphatic carbocycles. The van der Waals surface area contributed by atoms with Crippen LogP contribution in [0.15, 0.2) is 24.8 Å². The van der Waals surface area contributed by atoms with Crippen molar-refractivity contribution in [2.75, 3.05) is 0 Å². The predicted octanol–water partition coefficient (Wildman–Crippen LogP) is 3.82. The molecule has 1 rings (SSSR count). The van der Waals surface area contributed by atoms with Gasteiger partial charge in [-0.3, -0.25) is 0 Å². The van der Waals surface area contributed by atoms with Crippen molar-refractivity contribution in [1.29, 1.82) is 0 Å². The summed E-state index contributed by atoms with van der Waals surface area (Å²) in [5, 5.41) is 0. The third-order valence-corrected chi connectivity index (χ3v) is 1.89. The van der Waals surface area contributed by atoms with Gasteiger partial charge in [0.05, 0.1) is 0 Å². The zero-order chi connectivity index (χ0) is 10.8. The number of aryl methyl sites for hydroxylation is 1. The van der Waals surface area contributed by atoms with E-state index in [9.17, 15) is 0 Å². The molecule has 0 heterocycles. The van der Waals surface area contributed by atoms with Gasteiger partial charge in [0.25, 0.3) is 0 Å². The second kappa shape index (κ2) is 3.87. The summed E-state index contributed by atoms with van der Waals surface area (Å²) in [6.07, 6.45) is 1.85. The smallest absolute Gasteiger partial charge is 0.120 e. The second-order valence-electron chi connectivity index (χ2n) is 4.44. The first-order valence-electron chi connectivity index (χ1n) is 4.84. The first-order valence-corrected chi connectivity index (χ1v) is 4.84. The van der Waals surface area contributed by atoms with Gasteiger partial charge in [-0.05, 0) is 51.0 Å². The molecule has 0 N–H and O–H groups in total. The Labute approximate surface area is 86.4 Å². The summed E-state index contributed by atoms with van der Waals surface area (Å²) in [6, 6.07) is 6.07. The standard InChI is InChI=1S/C13H18O/c1-6-11-9-12(8-7-10(11)2)14-13(3,4)5/h6-9H,1H2,2-5H3. The van der Waals surface area contributed by atoms with Crippen molar-refractivity contribution in [2.45, 2.75) is 33.3 Å². The fourth-order valence-corrected chi connectivity index (χ4v) is 1.26. The molecule has 1 aromatic carbocycles. The molecule has 0 saturated carbocycles. The summed E-state index contributed by atoms with van der Waals surface area (Å²) < 4.78 is 5.75. The van der Waals surface area contributed by atoms with E-state index in [1.54, 1.807) is 0 Å². The summed E-state index contributed by atoms with van der Waals surface area (Å²) in [4.78, 5) is 0. The lowest BCUT2D eigenvalue weighted by Gasteiger charge is -2.21. The lowest BCUT2D eigenvalue weighted by molar-refractivity contribution is 0.131. The molecular formula is C13H18O. The van der Waals surface area contributed by atoms with E-state index in [2.05, 4.69) is 19.6 Å². The fourth-order valence-electron chi connectivity index (χ4n) is 1.26. The van der Waals surface area contributed by atoms with Crippen molar-refractivity contribution in [3.8, 4) is 5.75 Å². The van der Waals surface area contributed by atoms with Gasteiger partial charge >= 0.3 is 0 Å². The van der Waals surface area contributed by atoms with Crippen LogP contribution in [0, 0.1) is 6.92 Å². The number of rotatable bonds is 2. The van der Waals surface area contributed by atoms with Crippen molar-refractivity contribution >= 4 is 6.08 Å². The van der Waals surface area contributed by atoms with Gasteiger partial charge in [-0.15, -0.1) is 0 Å². The van der Waals surface area contributed by atoms with Gasteiger partial charge in [0, 0.05) is 0 Å². The first-order chi connectivity index (χ1) is 6.42. The van der Waals surface area contributed by atoms with Gasteiger partial charge in [-0.1, -0.05) is 18.7 Å². The summed E-state index contributed by atoms with van der Waals surface area (Å²) >= 11 is 0. The van der Waals surface area contributed by atoms with Gasteiger partial charge in [0.1, 0.15) is 11.4 Å². The van der Waals surface area contributed by atoms with Crippen molar-refractivity contribution in [2.24, 2.45) is 0 Å². The molecule has 0 aliphatic heterocycles. The molecule has 0 unspecified atom stereocenters. The van der Waals surface area contributed by atoms with Gasteiger partial charge in [-0.25, -0.2) is 0 Å². The number of ether oxygens (including phenoxy) is 1. The summed E-state index contributed by atoms with van der Waals surface area (Å²) in [5.74, 6) is 0.901. The van der Waals surface area contributed by atoms with Crippen molar-refractivity contribution < 1.29 is 4.74 Å². The van der Waals surface area contributed by atoms with Crippen LogP contribution in [0.5, 0.6) is 5.75 Å². The molecule has 0 aliphatic rings. The third kappa shape index (κ3) is 2.91. The Balaban J connectivity index is 2.95. The average Bonchev–Trinajstić information content (AvgIpc) is 2.06. The molecule has 0 radical (unpaired) electrons. The van der Waals surface area contributed by atoms with Crippen molar-refractivity contribution in [3.63, 3.8) is 0 Å². The molecule has 1 heteroatoms. The molecule has 76 valence electrons. The minimum Gasteiger partial charge on any atom is -0.488 e. The van der Waals surface area contributed by atoms with Crippen LogP contribution in [0.4, 0.5) is 0 Å². The predicted molar refractivity (Wildman–Crippen MR) is 61.7 cm³/mol. The zero-order valence-corrected chi connectivity index (χ0v) is 9.42. The van der Waals surface area contributed by atoms with Gasteiger partial charge < -0.3 is 4.74 Å². The normalized spacial score (nSPS) is 11.1. The lowest BCUT2D eigenvalue weighted by atomic mass is 10.1. The zero-order valence-electron chi connectivity index (χ0n) is 9.42. The van der Waals surface area contributed by atoms with E-state index in [0.717, 1.165) is 11.3 Å². The second-order valence-corrected chi connectivity index (χ2v) is 4.44. The van der Waals surface area contributed by atoms with Crippen LogP contribution in [0.3, 0.4) is 0 Å². The molecule has 0 saturated heterocycles. The lowest BCUT2D eigenvalue weighted by Crippen LogP contribution is -2.22. The Morgan fingerprint density at radius 1 is 1.29 bits per heavy atom. The van der Waals surface area contributed by atoms with Crippen LogP contribution in [-0.2, 0) is 0 Å². The average molecular weight is 190 g/mol. The Morgan fingerprint density at radius 3 is 2.43 bits per heavy atom. The van der Waals surface area contributed by atoms with Gasteiger partial charge in [-0.2, -0.15) is 0 Å². The molecule has 0 bridgehead atoms. The van der Waals surface area contributed by atoms with Crippen LogP contribution in [0.2, 0.25) is 0 Å². The van der Waals surface area contributed by atoms with E-state index in [1.165, 1.54) is 5.56 Å². The molecule has 0 atom stereocenters. The van der Waals surface area contributed by atoms with E-state index in [-0.39, 0.29) is 5.60 Å². The molecule has 0 amide bonds. The SMILES string of the molecule is C=Cc1cc(OC(C)(C)C)ccc1C. The minimum absolute atomic E-state index is 0.145. The van der Waals surface area contributed by atoms with E-state index in [1.807, 2.05) is 39.0 Å². The molecule has 0 aromatic heterocycles.